The van der Waals surface area contributed by atoms with Crippen LogP contribution in [0.1, 0.15) is 25.7 Å². The summed E-state index contributed by atoms with van der Waals surface area (Å²) in [5.41, 5.74) is 5.53. The normalized spacial score (nSPS) is 25.3. The summed E-state index contributed by atoms with van der Waals surface area (Å²) >= 11 is 0. The number of hydrogen-bond donors (Lipinski definition) is 1. The molecule has 0 aromatic rings. The Morgan fingerprint density at radius 3 is 2.71 bits per heavy atom. The van der Waals surface area contributed by atoms with Crippen LogP contribution in [0.15, 0.2) is 0 Å². The van der Waals surface area contributed by atoms with Gasteiger partial charge in [-0.3, -0.25) is 0 Å². The first-order chi connectivity index (χ1) is 6.74. The summed E-state index contributed by atoms with van der Waals surface area (Å²) in [4.78, 5) is 4.93. The van der Waals surface area contributed by atoms with E-state index in [1.165, 1.54) is 38.9 Å². The predicted molar refractivity (Wildman–Crippen MR) is 61.4 cm³/mol. The standard InChI is InChI=1S/C11H25N3/c1-13(2)11-5-3-8-14(10-6-11)9-4-7-12/h11H,3-10,12H2,1-2H3. The van der Waals surface area contributed by atoms with Crippen molar-refractivity contribution in [3.8, 4) is 0 Å². The third-order valence-electron chi connectivity index (χ3n) is 3.20. The van der Waals surface area contributed by atoms with E-state index in [4.69, 9.17) is 5.73 Å². The van der Waals surface area contributed by atoms with Crippen LogP contribution in [0.4, 0.5) is 0 Å². The first-order valence-corrected chi connectivity index (χ1v) is 5.83. The molecule has 3 heteroatoms. The fourth-order valence-electron chi connectivity index (χ4n) is 2.19. The number of rotatable bonds is 4. The Morgan fingerprint density at radius 1 is 1.29 bits per heavy atom. The van der Waals surface area contributed by atoms with E-state index in [9.17, 15) is 0 Å². The molecule has 2 N–H and O–H groups in total. The van der Waals surface area contributed by atoms with E-state index in [1.54, 1.807) is 0 Å². The molecule has 0 amide bonds. The lowest BCUT2D eigenvalue weighted by molar-refractivity contribution is 0.248. The van der Waals surface area contributed by atoms with Crippen LogP contribution >= 0.6 is 0 Å². The number of hydrogen-bond acceptors (Lipinski definition) is 3. The highest BCUT2D eigenvalue weighted by atomic mass is 15.1. The molecule has 0 spiro atoms. The Morgan fingerprint density at radius 2 is 2.07 bits per heavy atom. The zero-order valence-corrected chi connectivity index (χ0v) is 9.71. The van der Waals surface area contributed by atoms with Gasteiger partial charge in [0.25, 0.3) is 0 Å². The summed E-state index contributed by atoms with van der Waals surface area (Å²) in [6.07, 6.45) is 5.16. The van der Waals surface area contributed by atoms with Gasteiger partial charge in [0.05, 0.1) is 0 Å². The molecule has 84 valence electrons. The fourth-order valence-corrected chi connectivity index (χ4v) is 2.19. The third kappa shape index (κ3) is 3.95. The third-order valence-corrected chi connectivity index (χ3v) is 3.20. The summed E-state index contributed by atoms with van der Waals surface area (Å²) in [6.45, 7) is 4.54. The summed E-state index contributed by atoms with van der Waals surface area (Å²) in [5, 5.41) is 0. The minimum atomic E-state index is 0.790. The first kappa shape index (κ1) is 12.0. The molecule has 0 aromatic heterocycles. The Kier molecular flexibility index (Phi) is 5.45. The molecule has 1 saturated heterocycles. The van der Waals surface area contributed by atoms with Crippen molar-refractivity contribution in [3.05, 3.63) is 0 Å². The van der Waals surface area contributed by atoms with E-state index in [2.05, 4.69) is 23.9 Å². The quantitative estimate of drug-likeness (QED) is 0.725. The van der Waals surface area contributed by atoms with Crippen molar-refractivity contribution in [1.29, 1.82) is 0 Å². The maximum atomic E-state index is 5.53. The van der Waals surface area contributed by atoms with Gasteiger partial charge in [-0.25, -0.2) is 0 Å². The lowest BCUT2D eigenvalue weighted by Gasteiger charge is -2.23. The van der Waals surface area contributed by atoms with Gasteiger partial charge >= 0.3 is 0 Å². The van der Waals surface area contributed by atoms with Gasteiger partial charge in [-0.2, -0.15) is 0 Å². The van der Waals surface area contributed by atoms with Crippen LogP contribution in [0.2, 0.25) is 0 Å². The average Bonchev–Trinajstić information content (AvgIpc) is 2.39. The molecular weight excluding hydrogens is 174 g/mol. The van der Waals surface area contributed by atoms with Crippen molar-refractivity contribution in [2.24, 2.45) is 5.73 Å². The van der Waals surface area contributed by atoms with Crippen molar-refractivity contribution in [1.82, 2.24) is 9.80 Å². The summed E-state index contributed by atoms with van der Waals surface area (Å²) < 4.78 is 0. The van der Waals surface area contributed by atoms with Crippen LogP contribution in [-0.4, -0.2) is 56.1 Å². The first-order valence-electron chi connectivity index (χ1n) is 5.83. The van der Waals surface area contributed by atoms with Crippen LogP contribution in [-0.2, 0) is 0 Å². The zero-order chi connectivity index (χ0) is 10.4. The van der Waals surface area contributed by atoms with Gasteiger partial charge in [-0.05, 0) is 66.0 Å². The van der Waals surface area contributed by atoms with Crippen LogP contribution in [0.3, 0.4) is 0 Å². The molecule has 1 fully saturated rings. The molecule has 0 radical (unpaired) electrons. The minimum absolute atomic E-state index is 0.790. The van der Waals surface area contributed by atoms with Gasteiger partial charge in [0.1, 0.15) is 0 Å². The van der Waals surface area contributed by atoms with Crippen LogP contribution in [0.5, 0.6) is 0 Å². The van der Waals surface area contributed by atoms with Crippen LogP contribution < -0.4 is 5.73 Å². The molecule has 1 rings (SSSR count). The van der Waals surface area contributed by atoms with Crippen molar-refractivity contribution >= 4 is 0 Å². The SMILES string of the molecule is CN(C)C1CCCN(CCCN)CC1. The van der Waals surface area contributed by atoms with Crippen LogP contribution in [0.25, 0.3) is 0 Å². The van der Waals surface area contributed by atoms with E-state index < -0.39 is 0 Å². The van der Waals surface area contributed by atoms with Gasteiger partial charge in [0, 0.05) is 6.04 Å². The number of likely N-dealkylation sites (tertiary alicyclic amines) is 1. The zero-order valence-electron chi connectivity index (χ0n) is 9.71. The Hall–Kier alpha value is -0.120. The molecule has 1 heterocycles. The van der Waals surface area contributed by atoms with Crippen molar-refractivity contribution < 1.29 is 0 Å². The molecular formula is C11H25N3. The monoisotopic (exact) mass is 199 g/mol. The van der Waals surface area contributed by atoms with Gasteiger partial charge in [-0.15, -0.1) is 0 Å². The highest BCUT2D eigenvalue weighted by Gasteiger charge is 2.17. The van der Waals surface area contributed by atoms with E-state index in [-0.39, 0.29) is 0 Å². The highest BCUT2D eigenvalue weighted by molar-refractivity contribution is 4.74. The second-order valence-corrected chi connectivity index (χ2v) is 4.53. The van der Waals surface area contributed by atoms with Crippen molar-refractivity contribution in [2.45, 2.75) is 31.7 Å². The van der Waals surface area contributed by atoms with E-state index in [0.717, 1.165) is 19.0 Å². The summed E-state index contributed by atoms with van der Waals surface area (Å²) in [5.74, 6) is 0. The van der Waals surface area contributed by atoms with Crippen molar-refractivity contribution in [3.63, 3.8) is 0 Å². The Labute approximate surface area is 88.2 Å². The smallest absolute Gasteiger partial charge is 0.0102 e. The van der Waals surface area contributed by atoms with Gasteiger partial charge in [0.2, 0.25) is 0 Å². The van der Waals surface area contributed by atoms with Gasteiger partial charge in [-0.1, -0.05) is 0 Å². The van der Waals surface area contributed by atoms with E-state index >= 15 is 0 Å². The second-order valence-electron chi connectivity index (χ2n) is 4.53. The maximum Gasteiger partial charge on any atom is 0.0102 e. The molecule has 0 aliphatic carbocycles. The van der Waals surface area contributed by atoms with E-state index in [0.29, 0.717) is 0 Å². The molecule has 1 unspecified atom stereocenters. The highest BCUT2D eigenvalue weighted by Crippen LogP contribution is 2.14. The topological polar surface area (TPSA) is 32.5 Å². The Bertz CT molecular complexity index is 147. The largest absolute Gasteiger partial charge is 0.330 e. The summed E-state index contributed by atoms with van der Waals surface area (Å²) in [7, 11) is 4.39. The average molecular weight is 199 g/mol. The maximum absolute atomic E-state index is 5.53. The molecule has 1 aliphatic heterocycles. The molecule has 3 nitrogen and oxygen atoms in total. The molecule has 1 aliphatic rings. The molecule has 0 bridgehead atoms. The summed E-state index contributed by atoms with van der Waals surface area (Å²) in [6, 6.07) is 0.790. The second kappa shape index (κ2) is 6.38. The number of nitrogens with two attached hydrogens (primary N) is 1. The molecule has 14 heavy (non-hydrogen) atoms. The minimum Gasteiger partial charge on any atom is -0.330 e. The molecule has 1 atom stereocenters. The lowest BCUT2D eigenvalue weighted by atomic mass is 10.1. The Balaban J connectivity index is 2.26. The molecule has 0 saturated carbocycles. The molecule has 0 aromatic carbocycles. The number of nitrogens with zero attached hydrogens (tertiary/aromatic N) is 2. The van der Waals surface area contributed by atoms with Gasteiger partial charge < -0.3 is 15.5 Å². The predicted octanol–water partition coefficient (Wildman–Crippen LogP) is 0.751. The van der Waals surface area contributed by atoms with E-state index in [1.807, 2.05) is 0 Å². The van der Waals surface area contributed by atoms with Crippen molar-refractivity contribution in [2.75, 3.05) is 40.3 Å². The lowest BCUT2D eigenvalue weighted by Crippen LogP contribution is -2.31. The van der Waals surface area contributed by atoms with Crippen LogP contribution in [0, 0.1) is 0 Å². The fraction of sp³-hybridized carbons (Fsp3) is 1.00. The van der Waals surface area contributed by atoms with Gasteiger partial charge in [0.15, 0.2) is 0 Å².